The molecule has 0 atom stereocenters. The Morgan fingerprint density at radius 1 is 1.21 bits per heavy atom. The maximum atomic E-state index is 9.72. The Balaban J connectivity index is 2.60. The van der Waals surface area contributed by atoms with Gasteiger partial charge in [-0.1, -0.05) is 41.5 Å². The van der Waals surface area contributed by atoms with E-state index in [1.165, 1.54) is 11.5 Å². The van der Waals surface area contributed by atoms with Crippen LogP contribution in [0.5, 0.6) is 10.8 Å². The Hall–Kier alpha value is -2.39. The number of ether oxygens (including phenoxy) is 1. The van der Waals surface area contributed by atoms with Gasteiger partial charge in [-0.25, -0.2) is 0 Å². The van der Waals surface area contributed by atoms with Gasteiger partial charge in [0.2, 0.25) is 5.06 Å². The molecule has 0 amide bonds. The van der Waals surface area contributed by atoms with E-state index < -0.39 is 0 Å². The molecule has 1 aromatic carbocycles. The van der Waals surface area contributed by atoms with Gasteiger partial charge in [-0.15, -0.1) is 0 Å². The number of amidine groups is 1. The molecule has 0 radical (unpaired) electrons. The Morgan fingerprint density at radius 3 is 2.31 bits per heavy atom. The van der Waals surface area contributed by atoms with Crippen LogP contribution in [-0.2, 0) is 10.8 Å². The van der Waals surface area contributed by atoms with Crippen molar-refractivity contribution in [2.75, 3.05) is 13.6 Å². The summed E-state index contributed by atoms with van der Waals surface area (Å²) >= 11 is 1.22. The molecule has 1 heterocycles. The van der Waals surface area contributed by atoms with Crippen molar-refractivity contribution in [1.29, 1.82) is 10.7 Å². The molecule has 2 rings (SSSR count). The topological polar surface area (TPSA) is 73.0 Å². The third-order valence-electron chi connectivity index (χ3n) is 4.93. The number of aromatic nitrogens is 1. The number of nitrogens with one attached hydrogen (secondary N) is 1. The van der Waals surface area contributed by atoms with Crippen molar-refractivity contribution in [2.45, 2.75) is 66.2 Å². The predicted molar refractivity (Wildman–Crippen MR) is 121 cm³/mol. The van der Waals surface area contributed by atoms with E-state index >= 15 is 0 Å². The summed E-state index contributed by atoms with van der Waals surface area (Å²) in [5.41, 5.74) is 3.72. The Bertz CT molecular complexity index is 955. The van der Waals surface area contributed by atoms with Crippen molar-refractivity contribution in [1.82, 2.24) is 9.27 Å². The molecule has 0 aliphatic rings. The highest BCUT2D eigenvalue weighted by atomic mass is 32.1. The Morgan fingerprint density at radius 2 is 1.83 bits per heavy atom. The minimum absolute atomic E-state index is 0.187. The van der Waals surface area contributed by atoms with E-state index in [4.69, 9.17) is 10.1 Å². The van der Waals surface area contributed by atoms with Gasteiger partial charge in [-0.2, -0.15) is 9.64 Å². The minimum Gasteiger partial charge on any atom is -0.443 e. The molecule has 156 valence electrons. The number of hydrogen-bond donors (Lipinski definition) is 1. The maximum Gasteiger partial charge on any atom is 0.218 e. The van der Waals surface area contributed by atoms with E-state index in [-0.39, 0.29) is 10.8 Å². The third kappa shape index (κ3) is 4.79. The normalized spacial score (nSPS) is 11.9. The van der Waals surface area contributed by atoms with Gasteiger partial charge < -0.3 is 9.64 Å². The first kappa shape index (κ1) is 22.9. The molecular weight excluding hydrogens is 380 g/mol. The summed E-state index contributed by atoms with van der Waals surface area (Å²) in [5, 5.41) is 18.8. The zero-order valence-electron chi connectivity index (χ0n) is 19.0. The molecule has 0 fully saturated rings. The number of hydrogen-bond acceptors (Lipinski definition) is 5. The summed E-state index contributed by atoms with van der Waals surface area (Å²) in [5.74, 6) is 1.21. The van der Waals surface area contributed by atoms with Gasteiger partial charge in [-0.05, 0) is 37.0 Å². The van der Waals surface area contributed by atoms with Crippen LogP contribution in [0.1, 0.15) is 76.4 Å². The largest absolute Gasteiger partial charge is 0.443 e. The molecule has 0 unspecified atom stereocenters. The summed E-state index contributed by atoms with van der Waals surface area (Å²) in [7, 11) is 1.92. The highest BCUT2D eigenvalue weighted by molar-refractivity contribution is 7.08. The number of nitrogens with zero attached hydrogens (tertiary/aromatic N) is 3. The highest BCUT2D eigenvalue weighted by Crippen LogP contribution is 2.41. The molecule has 0 aliphatic carbocycles. The van der Waals surface area contributed by atoms with Crippen LogP contribution in [0.2, 0.25) is 0 Å². The van der Waals surface area contributed by atoms with Gasteiger partial charge in [0.1, 0.15) is 23.2 Å². The smallest absolute Gasteiger partial charge is 0.218 e. The van der Waals surface area contributed by atoms with Crippen molar-refractivity contribution < 1.29 is 4.74 Å². The highest BCUT2D eigenvalue weighted by Gasteiger charge is 2.28. The second-order valence-corrected chi connectivity index (χ2v) is 10.2. The fourth-order valence-corrected chi connectivity index (χ4v) is 3.93. The molecule has 1 N–H and O–H groups in total. The lowest BCUT2D eigenvalue weighted by Gasteiger charge is -2.26. The number of benzene rings is 1. The molecule has 0 spiro atoms. The van der Waals surface area contributed by atoms with Gasteiger partial charge in [0, 0.05) is 41.7 Å². The van der Waals surface area contributed by atoms with E-state index in [0.29, 0.717) is 22.2 Å². The van der Waals surface area contributed by atoms with Crippen LogP contribution in [0.15, 0.2) is 12.1 Å². The molecule has 0 bridgehead atoms. The van der Waals surface area contributed by atoms with Crippen LogP contribution in [0, 0.1) is 23.7 Å². The van der Waals surface area contributed by atoms with Crippen molar-refractivity contribution >= 4 is 17.4 Å². The maximum absolute atomic E-state index is 9.72. The van der Waals surface area contributed by atoms with Crippen LogP contribution >= 0.6 is 11.5 Å². The van der Waals surface area contributed by atoms with Crippen LogP contribution in [0.25, 0.3) is 0 Å². The van der Waals surface area contributed by atoms with E-state index in [9.17, 15) is 5.26 Å². The molecule has 5 nitrogen and oxygen atoms in total. The quantitative estimate of drug-likeness (QED) is 0.494. The SMILES string of the molecule is CCN(C)C(=N)c1cc(C(C)(C)C)c(Oc2snc(C(C)(C)C)c2C#N)cc1C. The Kier molecular flexibility index (Phi) is 6.44. The van der Waals surface area contributed by atoms with Crippen LogP contribution in [-0.4, -0.2) is 28.7 Å². The fraction of sp³-hybridized carbons (Fsp3) is 0.522. The summed E-state index contributed by atoms with van der Waals surface area (Å²) in [6, 6.07) is 6.31. The first-order valence-corrected chi connectivity index (χ1v) is 10.6. The molecule has 0 saturated heterocycles. The van der Waals surface area contributed by atoms with Crippen molar-refractivity contribution in [2.24, 2.45) is 0 Å². The average Bonchev–Trinajstić information content (AvgIpc) is 3.02. The summed E-state index contributed by atoms with van der Waals surface area (Å²) < 4.78 is 10.8. The monoisotopic (exact) mass is 412 g/mol. The molecule has 6 heteroatoms. The standard InChI is InChI=1S/C23H32N4OS/c1-10-27(9)20(25)15-12-17(22(3,4)5)18(11-14(15)2)28-21-16(13-24)19(26-29-21)23(6,7)8/h11-12,25H,10H2,1-9H3. The second-order valence-electron chi connectivity index (χ2n) is 9.43. The second kappa shape index (κ2) is 8.16. The molecule has 0 saturated carbocycles. The van der Waals surface area contributed by atoms with E-state index in [0.717, 1.165) is 28.9 Å². The zero-order valence-corrected chi connectivity index (χ0v) is 19.8. The van der Waals surface area contributed by atoms with E-state index in [1.54, 1.807) is 0 Å². The van der Waals surface area contributed by atoms with Gasteiger partial charge >= 0.3 is 0 Å². The summed E-state index contributed by atoms with van der Waals surface area (Å²) in [4.78, 5) is 1.92. The van der Waals surface area contributed by atoms with E-state index in [2.05, 4.69) is 37.3 Å². The molecule has 0 aliphatic heterocycles. The molecule has 1 aromatic heterocycles. The van der Waals surface area contributed by atoms with Gasteiger partial charge in [0.15, 0.2) is 0 Å². The van der Waals surface area contributed by atoms with Crippen molar-refractivity contribution in [3.05, 3.63) is 40.1 Å². The number of aryl methyl sites for hydroxylation is 1. The third-order valence-corrected chi connectivity index (χ3v) is 5.66. The zero-order chi connectivity index (χ0) is 22.1. The lowest BCUT2D eigenvalue weighted by atomic mass is 9.84. The Labute approximate surface area is 179 Å². The first-order valence-electron chi connectivity index (χ1n) is 9.84. The van der Waals surface area contributed by atoms with Crippen LogP contribution < -0.4 is 4.74 Å². The number of rotatable bonds is 4. The average molecular weight is 413 g/mol. The van der Waals surface area contributed by atoms with Crippen LogP contribution in [0.3, 0.4) is 0 Å². The fourth-order valence-electron chi connectivity index (χ4n) is 3.03. The predicted octanol–water partition coefficient (Wildman–Crippen LogP) is 5.99. The first-order chi connectivity index (χ1) is 13.3. The van der Waals surface area contributed by atoms with E-state index in [1.807, 2.05) is 52.6 Å². The molecule has 29 heavy (non-hydrogen) atoms. The number of nitriles is 1. The van der Waals surface area contributed by atoms with Crippen molar-refractivity contribution in [3.63, 3.8) is 0 Å². The van der Waals surface area contributed by atoms with Gasteiger partial charge in [0.05, 0.1) is 5.69 Å². The van der Waals surface area contributed by atoms with Gasteiger partial charge in [-0.3, -0.25) is 5.41 Å². The molecule has 2 aromatic rings. The minimum atomic E-state index is -0.227. The summed E-state index contributed by atoms with van der Waals surface area (Å²) in [6.07, 6.45) is 0. The van der Waals surface area contributed by atoms with Crippen molar-refractivity contribution in [3.8, 4) is 16.9 Å². The molecular formula is C23H32N4OS. The lowest BCUT2D eigenvalue weighted by Crippen LogP contribution is -2.27. The lowest BCUT2D eigenvalue weighted by molar-refractivity contribution is 0.462. The van der Waals surface area contributed by atoms with Gasteiger partial charge in [0.25, 0.3) is 0 Å². The summed E-state index contributed by atoms with van der Waals surface area (Å²) in [6.45, 7) is 17.3. The van der Waals surface area contributed by atoms with Crippen LogP contribution in [0.4, 0.5) is 0 Å².